The zero-order valence-electron chi connectivity index (χ0n) is 11.7. The molecule has 0 amide bonds. The van der Waals surface area contributed by atoms with Crippen molar-refractivity contribution in [2.75, 3.05) is 13.1 Å². The van der Waals surface area contributed by atoms with Gasteiger partial charge in [0.05, 0.1) is 11.6 Å². The molecule has 3 N–H and O–H groups in total. The van der Waals surface area contributed by atoms with E-state index in [2.05, 4.69) is 0 Å². The van der Waals surface area contributed by atoms with E-state index < -0.39 is 10.0 Å². The van der Waals surface area contributed by atoms with E-state index in [1.807, 2.05) is 37.3 Å². The van der Waals surface area contributed by atoms with Crippen LogP contribution < -0.4 is 5.73 Å². The lowest BCUT2D eigenvalue weighted by Crippen LogP contribution is -2.47. The molecule has 0 spiro atoms. The molecular weight excluding hydrogens is 274 g/mol. The highest BCUT2D eigenvalue weighted by molar-refractivity contribution is 7.88. The van der Waals surface area contributed by atoms with Gasteiger partial charge in [-0.05, 0) is 18.4 Å². The van der Waals surface area contributed by atoms with Crippen LogP contribution in [0, 0.1) is 10.8 Å². The lowest BCUT2D eigenvalue weighted by atomic mass is 9.80. The van der Waals surface area contributed by atoms with Gasteiger partial charge >= 0.3 is 0 Å². The van der Waals surface area contributed by atoms with Gasteiger partial charge in [0.15, 0.2) is 0 Å². The van der Waals surface area contributed by atoms with E-state index in [0.29, 0.717) is 25.9 Å². The molecule has 0 saturated carbocycles. The number of benzene rings is 1. The van der Waals surface area contributed by atoms with Crippen molar-refractivity contribution in [2.24, 2.45) is 11.1 Å². The second kappa shape index (κ2) is 5.54. The largest absolute Gasteiger partial charge is 0.387 e. The average molecular weight is 295 g/mol. The van der Waals surface area contributed by atoms with Gasteiger partial charge in [0.25, 0.3) is 0 Å². The van der Waals surface area contributed by atoms with E-state index in [1.165, 1.54) is 4.31 Å². The van der Waals surface area contributed by atoms with Crippen LogP contribution in [0.2, 0.25) is 0 Å². The molecule has 1 fully saturated rings. The molecule has 0 aromatic heterocycles. The second-order valence-electron chi connectivity index (χ2n) is 5.62. The Morgan fingerprint density at radius 1 is 1.30 bits per heavy atom. The quantitative estimate of drug-likeness (QED) is 0.652. The van der Waals surface area contributed by atoms with Crippen molar-refractivity contribution < 1.29 is 8.42 Å². The van der Waals surface area contributed by atoms with E-state index in [0.717, 1.165) is 5.56 Å². The molecular formula is C14H21N3O2S. The fraction of sp³-hybridized carbons (Fsp3) is 0.500. The number of nitrogens with zero attached hydrogens (tertiary/aromatic N) is 1. The molecule has 1 aromatic rings. The van der Waals surface area contributed by atoms with Gasteiger partial charge in [-0.15, -0.1) is 0 Å². The topological polar surface area (TPSA) is 87.2 Å². The number of amidine groups is 1. The summed E-state index contributed by atoms with van der Waals surface area (Å²) >= 11 is 0. The van der Waals surface area contributed by atoms with E-state index >= 15 is 0 Å². The first-order chi connectivity index (χ1) is 9.33. The Hall–Kier alpha value is -1.40. The van der Waals surface area contributed by atoms with Crippen LogP contribution in [0.25, 0.3) is 0 Å². The molecule has 1 aliphatic heterocycles. The molecule has 0 radical (unpaired) electrons. The van der Waals surface area contributed by atoms with Gasteiger partial charge in [-0.3, -0.25) is 5.41 Å². The summed E-state index contributed by atoms with van der Waals surface area (Å²) in [7, 11) is -3.29. The standard InChI is InChI=1S/C14H21N3O2S/c1-14(13(15)16)7-9-17(10-8-14)20(18,19)11-12-5-3-2-4-6-12/h2-6H,7-11H2,1H3,(H3,15,16). The molecule has 1 saturated heterocycles. The van der Waals surface area contributed by atoms with Crippen LogP contribution >= 0.6 is 0 Å². The van der Waals surface area contributed by atoms with Crippen molar-refractivity contribution in [3.05, 3.63) is 35.9 Å². The highest BCUT2D eigenvalue weighted by Gasteiger charge is 2.36. The Labute approximate surface area is 120 Å². The Morgan fingerprint density at radius 3 is 2.35 bits per heavy atom. The van der Waals surface area contributed by atoms with E-state index in [4.69, 9.17) is 11.1 Å². The summed E-state index contributed by atoms with van der Waals surface area (Å²) in [6.45, 7) is 2.80. The first-order valence-electron chi connectivity index (χ1n) is 6.70. The maximum Gasteiger partial charge on any atom is 0.218 e. The highest BCUT2D eigenvalue weighted by Crippen LogP contribution is 2.32. The number of hydrogen-bond donors (Lipinski definition) is 2. The summed E-state index contributed by atoms with van der Waals surface area (Å²) in [5.74, 6) is 0.183. The van der Waals surface area contributed by atoms with Crippen LogP contribution in [0.3, 0.4) is 0 Å². The Morgan fingerprint density at radius 2 is 1.85 bits per heavy atom. The van der Waals surface area contributed by atoms with Gasteiger partial charge in [0, 0.05) is 18.5 Å². The van der Waals surface area contributed by atoms with Crippen molar-refractivity contribution in [3.8, 4) is 0 Å². The minimum Gasteiger partial charge on any atom is -0.387 e. The summed E-state index contributed by atoms with van der Waals surface area (Å²) in [6, 6.07) is 9.19. The Balaban J connectivity index is 2.04. The second-order valence-corrected chi connectivity index (χ2v) is 7.58. The van der Waals surface area contributed by atoms with Crippen LogP contribution in [0.5, 0.6) is 0 Å². The maximum atomic E-state index is 12.4. The van der Waals surface area contributed by atoms with Crippen molar-refractivity contribution in [1.82, 2.24) is 4.31 Å². The third-order valence-electron chi connectivity index (χ3n) is 4.06. The number of sulfonamides is 1. The molecule has 6 heteroatoms. The summed E-state index contributed by atoms with van der Waals surface area (Å²) in [4.78, 5) is 0. The van der Waals surface area contributed by atoms with Crippen molar-refractivity contribution in [3.63, 3.8) is 0 Å². The SMILES string of the molecule is CC1(C(=N)N)CCN(S(=O)(=O)Cc2ccccc2)CC1. The number of nitrogens with two attached hydrogens (primary N) is 1. The van der Waals surface area contributed by atoms with Crippen molar-refractivity contribution >= 4 is 15.9 Å². The lowest BCUT2D eigenvalue weighted by Gasteiger charge is -2.37. The zero-order chi connectivity index (χ0) is 14.8. The van der Waals surface area contributed by atoms with Gasteiger partial charge in [-0.2, -0.15) is 0 Å². The third kappa shape index (κ3) is 3.19. The first kappa shape index (κ1) is 15.0. The molecule has 0 atom stereocenters. The van der Waals surface area contributed by atoms with Gasteiger partial charge in [0.1, 0.15) is 0 Å². The van der Waals surface area contributed by atoms with Crippen LogP contribution in [0.4, 0.5) is 0 Å². The molecule has 1 aromatic carbocycles. The monoisotopic (exact) mass is 295 g/mol. The molecule has 20 heavy (non-hydrogen) atoms. The van der Waals surface area contributed by atoms with E-state index in [1.54, 1.807) is 0 Å². The van der Waals surface area contributed by atoms with Gasteiger partial charge < -0.3 is 5.73 Å². The van der Waals surface area contributed by atoms with E-state index in [9.17, 15) is 8.42 Å². The minimum absolute atomic E-state index is 0.0324. The summed E-state index contributed by atoms with van der Waals surface area (Å²) in [5.41, 5.74) is 6.03. The maximum absolute atomic E-state index is 12.4. The van der Waals surface area contributed by atoms with Gasteiger partial charge in [-0.25, -0.2) is 12.7 Å². The average Bonchev–Trinajstić information content (AvgIpc) is 2.39. The molecule has 1 heterocycles. The third-order valence-corrected chi connectivity index (χ3v) is 5.91. The van der Waals surface area contributed by atoms with Crippen LogP contribution in [-0.4, -0.2) is 31.6 Å². The number of nitrogens with one attached hydrogen (secondary N) is 1. The van der Waals surface area contributed by atoms with Crippen LogP contribution in [0.15, 0.2) is 30.3 Å². The molecule has 1 aliphatic rings. The molecule has 2 rings (SSSR count). The van der Waals surface area contributed by atoms with Gasteiger partial charge in [0.2, 0.25) is 10.0 Å². The number of hydrogen-bond acceptors (Lipinski definition) is 3. The van der Waals surface area contributed by atoms with Crippen LogP contribution in [-0.2, 0) is 15.8 Å². The molecule has 0 bridgehead atoms. The Bertz CT molecular complexity index is 576. The molecule has 110 valence electrons. The predicted octanol–water partition coefficient (Wildman–Crippen LogP) is 1.55. The van der Waals surface area contributed by atoms with Crippen molar-refractivity contribution in [2.45, 2.75) is 25.5 Å². The summed E-state index contributed by atoms with van der Waals surface area (Å²) in [5, 5.41) is 7.60. The predicted molar refractivity (Wildman–Crippen MR) is 79.9 cm³/mol. The lowest BCUT2D eigenvalue weighted by molar-refractivity contribution is 0.240. The normalized spacial score (nSPS) is 19.6. The van der Waals surface area contributed by atoms with Crippen molar-refractivity contribution in [1.29, 1.82) is 5.41 Å². The Kier molecular flexibility index (Phi) is 4.15. The smallest absolute Gasteiger partial charge is 0.218 e. The fourth-order valence-electron chi connectivity index (χ4n) is 2.40. The molecule has 5 nitrogen and oxygen atoms in total. The van der Waals surface area contributed by atoms with E-state index in [-0.39, 0.29) is 17.0 Å². The molecule has 0 aliphatic carbocycles. The number of piperidine rings is 1. The summed E-state index contributed by atoms with van der Waals surface area (Å²) < 4.78 is 26.3. The molecule has 0 unspecified atom stereocenters. The highest BCUT2D eigenvalue weighted by atomic mass is 32.2. The zero-order valence-corrected chi connectivity index (χ0v) is 12.5. The summed E-state index contributed by atoms with van der Waals surface area (Å²) in [6.07, 6.45) is 1.21. The van der Waals surface area contributed by atoms with Gasteiger partial charge in [-0.1, -0.05) is 37.3 Å². The minimum atomic E-state index is -3.29. The first-order valence-corrected chi connectivity index (χ1v) is 8.31. The fourth-order valence-corrected chi connectivity index (χ4v) is 3.94. The van der Waals surface area contributed by atoms with Crippen LogP contribution in [0.1, 0.15) is 25.3 Å². The number of rotatable bonds is 4.